The summed E-state index contributed by atoms with van der Waals surface area (Å²) in [6, 6.07) is 12.2. The molecule has 2 aromatic rings. The van der Waals surface area contributed by atoms with Gasteiger partial charge in [-0.25, -0.2) is 0 Å². The van der Waals surface area contributed by atoms with Crippen LogP contribution in [0.5, 0.6) is 0 Å². The lowest BCUT2D eigenvalue weighted by Gasteiger charge is -2.17. The highest BCUT2D eigenvalue weighted by Crippen LogP contribution is 2.20. The van der Waals surface area contributed by atoms with Crippen LogP contribution in [-0.2, 0) is 6.42 Å². The zero-order chi connectivity index (χ0) is 13.1. The molecule has 0 unspecified atom stereocenters. The molecule has 1 aromatic heterocycles. The van der Waals surface area contributed by atoms with E-state index in [2.05, 4.69) is 23.6 Å². The minimum absolute atomic E-state index is 0.199. The Morgan fingerprint density at radius 1 is 1.11 bits per heavy atom. The number of likely N-dealkylation sites (tertiary alicyclic amines) is 1. The average molecular weight is 271 g/mol. The van der Waals surface area contributed by atoms with Crippen molar-refractivity contribution in [2.75, 3.05) is 13.1 Å². The van der Waals surface area contributed by atoms with Gasteiger partial charge in [0.15, 0.2) is 0 Å². The van der Waals surface area contributed by atoms with Crippen molar-refractivity contribution in [3.8, 4) is 0 Å². The fraction of sp³-hybridized carbons (Fsp3) is 0.312. The Morgan fingerprint density at radius 3 is 2.63 bits per heavy atom. The first-order chi connectivity index (χ1) is 9.34. The van der Waals surface area contributed by atoms with Gasteiger partial charge in [-0.1, -0.05) is 24.3 Å². The van der Waals surface area contributed by atoms with Crippen LogP contribution in [0.2, 0.25) is 0 Å². The maximum Gasteiger partial charge on any atom is 0.254 e. The minimum Gasteiger partial charge on any atom is -0.339 e. The van der Waals surface area contributed by atoms with Crippen molar-refractivity contribution in [2.45, 2.75) is 19.3 Å². The lowest BCUT2D eigenvalue weighted by molar-refractivity contribution is 0.0792. The molecule has 0 bridgehead atoms. The summed E-state index contributed by atoms with van der Waals surface area (Å²) in [5, 5.41) is 2.08. The van der Waals surface area contributed by atoms with E-state index in [4.69, 9.17) is 0 Å². The molecular weight excluding hydrogens is 254 g/mol. The molecule has 0 radical (unpaired) electrons. The number of benzene rings is 1. The Bertz CT molecular complexity index is 556. The van der Waals surface area contributed by atoms with Gasteiger partial charge >= 0.3 is 0 Å². The van der Waals surface area contributed by atoms with Crippen LogP contribution in [0.1, 0.15) is 33.6 Å². The van der Waals surface area contributed by atoms with E-state index < -0.39 is 0 Å². The highest BCUT2D eigenvalue weighted by Gasteiger charge is 2.21. The van der Waals surface area contributed by atoms with E-state index in [0.717, 1.165) is 43.5 Å². The van der Waals surface area contributed by atoms with Crippen LogP contribution in [-0.4, -0.2) is 23.9 Å². The predicted octanol–water partition coefficient (Wildman–Crippen LogP) is 3.57. The summed E-state index contributed by atoms with van der Waals surface area (Å²) in [4.78, 5) is 15.8. The normalized spacial score (nSPS) is 14.8. The first-order valence-electron chi connectivity index (χ1n) is 6.74. The number of nitrogens with zero attached hydrogens (tertiary/aromatic N) is 1. The number of carbonyl (C=O) groups is 1. The maximum absolute atomic E-state index is 12.5. The summed E-state index contributed by atoms with van der Waals surface area (Å²) in [7, 11) is 0. The van der Waals surface area contributed by atoms with E-state index in [1.54, 1.807) is 11.3 Å². The van der Waals surface area contributed by atoms with E-state index in [0.29, 0.717) is 0 Å². The van der Waals surface area contributed by atoms with E-state index >= 15 is 0 Å². The molecule has 1 aromatic carbocycles. The molecule has 0 spiro atoms. The average Bonchev–Trinajstić information content (AvgIpc) is 3.11. The van der Waals surface area contributed by atoms with Gasteiger partial charge in [-0.2, -0.15) is 0 Å². The molecule has 2 heterocycles. The summed E-state index contributed by atoms with van der Waals surface area (Å²) < 4.78 is 0. The van der Waals surface area contributed by atoms with Crippen molar-refractivity contribution in [3.05, 3.63) is 57.8 Å². The van der Waals surface area contributed by atoms with Gasteiger partial charge < -0.3 is 4.90 Å². The second kappa shape index (κ2) is 5.57. The Balaban J connectivity index is 1.86. The minimum atomic E-state index is 0.199. The molecule has 1 aliphatic rings. The molecule has 98 valence electrons. The molecule has 0 saturated carbocycles. The quantitative estimate of drug-likeness (QED) is 0.835. The Hall–Kier alpha value is -1.61. The van der Waals surface area contributed by atoms with Crippen LogP contribution in [0.4, 0.5) is 0 Å². The van der Waals surface area contributed by atoms with E-state index in [-0.39, 0.29) is 5.91 Å². The van der Waals surface area contributed by atoms with E-state index in [9.17, 15) is 4.79 Å². The topological polar surface area (TPSA) is 20.3 Å². The molecule has 1 amide bonds. The van der Waals surface area contributed by atoms with Crippen LogP contribution in [0.15, 0.2) is 41.8 Å². The summed E-state index contributed by atoms with van der Waals surface area (Å²) in [5.74, 6) is 0.199. The van der Waals surface area contributed by atoms with Crippen molar-refractivity contribution in [3.63, 3.8) is 0 Å². The van der Waals surface area contributed by atoms with Gasteiger partial charge in [0.05, 0.1) is 0 Å². The number of carbonyl (C=O) groups excluding carboxylic acids is 1. The molecule has 3 rings (SSSR count). The first kappa shape index (κ1) is 12.4. The lowest BCUT2D eigenvalue weighted by Crippen LogP contribution is -2.28. The largest absolute Gasteiger partial charge is 0.339 e. The van der Waals surface area contributed by atoms with Crippen molar-refractivity contribution in [2.24, 2.45) is 0 Å². The Morgan fingerprint density at radius 2 is 1.89 bits per heavy atom. The molecule has 3 heteroatoms. The molecule has 2 nitrogen and oxygen atoms in total. The molecule has 19 heavy (non-hydrogen) atoms. The Labute approximate surface area is 117 Å². The SMILES string of the molecule is O=C(c1ccccc1Cc1cccs1)N1CCCC1. The van der Waals surface area contributed by atoms with Gasteiger partial charge in [-0.3, -0.25) is 4.79 Å². The number of amides is 1. The van der Waals surface area contributed by atoms with Gasteiger partial charge in [0.2, 0.25) is 0 Å². The van der Waals surface area contributed by atoms with Crippen molar-refractivity contribution >= 4 is 17.2 Å². The van der Waals surface area contributed by atoms with Gasteiger partial charge in [-0.15, -0.1) is 11.3 Å². The highest BCUT2D eigenvalue weighted by atomic mass is 32.1. The summed E-state index contributed by atoms with van der Waals surface area (Å²) in [6.07, 6.45) is 3.13. The third-order valence-electron chi connectivity index (χ3n) is 3.59. The third kappa shape index (κ3) is 2.71. The van der Waals surface area contributed by atoms with Crippen LogP contribution in [0, 0.1) is 0 Å². The number of thiophene rings is 1. The summed E-state index contributed by atoms with van der Waals surface area (Å²) >= 11 is 1.75. The lowest BCUT2D eigenvalue weighted by atomic mass is 10.0. The summed E-state index contributed by atoms with van der Waals surface area (Å²) in [5.41, 5.74) is 2.01. The van der Waals surface area contributed by atoms with Crippen molar-refractivity contribution in [1.29, 1.82) is 0 Å². The second-order valence-corrected chi connectivity index (χ2v) is 5.94. The predicted molar refractivity (Wildman–Crippen MR) is 78.7 cm³/mol. The molecule has 0 atom stereocenters. The fourth-order valence-corrected chi connectivity index (χ4v) is 3.30. The van der Waals surface area contributed by atoms with Gasteiger partial charge in [0.25, 0.3) is 5.91 Å². The van der Waals surface area contributed by atoms with Crippen LogP contribution in [0.3, 0.4) is 0 Å². The number of rotatable bonds is 3. The smallest absolute Gasteiger partial charge is 0.254 e. The van der Waals surface area contributed by atoms with Gasteiger partial charge in [0, 0.05) is 30.0 Å². The Kier molecular flexibility index (Phi) is 3.65. The summed E-state index contributed by atoms with van der Waals surface area (Å²) in [6.45, 7) is 1.82. The van der Waals surface area contributed by atoms with Crippen molar-refractivity contribution in [1.82, 2.24) is 4.90 Å². The first-order valence-corrected chi connectivity index (χ1v) is 7.62. The molecule has 0 aliphatic carbocycles. The monoisotopic (exact) mass is 271 g/mol. The standard InChI is InChI=1S/C16H17NOS/c18-16(17-9-3-4-10-17)15-8-2-1-6-13(15)12-14-7-5-11-19-14/h1-2,5-8,11H,3-4,9-10,12H2. The van der Waals surface area contributed by atoms with Crippen LogP contribution < -0.4 is 0 Å². The zero-order valence-corrected chi connectivity index (χ0v) is 11.7. The number of hydrogen-bond donors (Lipinski definition) is 0. The van der Waals surface area contributed by atoms with Crippen molar-refractivity contribution < 1.29 is 4.79 Å². The van der Waals surface area contributed by atoms with Gasteiger partial charge in [-0.05, 0) is 35.9 Å². The van der Waals surface area contributed by atoms with Crippen LogP contribution >= 0.6 is 11.3 Å². The number of hydrogen-bond acceptors (Lipinski definition) is 2. The third-order valence-corrected chi connectivity index (χ3v) is 4.46. The fourth-order valence-electron chi connectivity index (χ4n) is 2.57. The molecule has 1 saturated heterocycles. The molecule has 1 aliphatic heterocycles. The van der Waals surface area contributed by atoms with Gasteiger partial charge in [0.1, 0.15) is 0 Å². The highest BCUT2D eigenvalue weighted by molar-refractivity contribution is 7.09. The molecule has 1 fully saturated rings. The van der Waals surface area contributed by atoms with E-state index in [1.165, 1.54) is 4.88 Å². The maximum atomic E-state index is 12.5. The second-order valence-electron chi connectivity index (χ2n) is 4.91. The molecular formula is C16H17NOS. The molecule has 0 N–H and O–H groups in total. The van der Waals surface area contributed by atoms with E-state index in [1.807, 2.05) is 23.1 Å². The van der Waals surface area contributed by atoms with Crippen LogP contribution in [0.25, 0.3) is 0 Å². The zero-order valence-electron chi connectivity index (χ0n) is 10.8.